The maximum atomic E-state index is 12.5. The molecule has 1 heterocycles. The quantitative estimate of drug-likeness (QED) is 0.866. The van der Waals surface area contributed by atoms with E-state index in [1.807, 2.05) is 0 Å². The third kappa shape index (κ3) is 2.72. The maximum Gasteiger partial charge on any atom is 0.266 e. The molecule has 0 spiro atoms. The highest BCUT2D eigenvalue weighted by atomic mass is 32.2. The predicted molar refractivity (Wildman–Crippen MR) is 77.9 cm³/mol. The number of rotatable bonds is 3. The van der Waals surface area contributed by atoms with E-state index < -0.39 is 10.0 Å². The summed E-state index contributed by atoms with van der Waals surface area (Å²) >= 11 is 0. The summed E-state index contributed by atoms with van der Waals surface area (Å²) in [6.45, 7) is 3.59. The Balaban J connectivity index is 2.45. The standard InChI is InChI=1S/C13H16N4O2S/c1-9-8-10(2)16-13(15-9)17(3)20(18,19)12-6-4-11(14)5-7-12/h4-8H,14H2,1-3H3. The summed E-state index contributed by atoms with van der Waals surface area (Å²) < 4.78 is 26.0. The third-order valence-electron chi connectivity index (χ3n) is 2.79. The minimum atomic E-state index is -3.69. The molecule has 2 aromatic rings. The van der Waals surface area contributed by atoms with Crippen LogP contribution < -0.4 is 10.0 Å². The van der Waals surface area contributed by atoms with Gasteiger partial charge in [-0.25, -0.2) is 22.7 Å². The molecule has 0 amide bonds. The topological polar surface area (TPSA) is 89.2 Å². The number of nitrogens with two attached hydrogens (primary N) is 1. The van der Waals surface area contributed by atoms with Crippen molar-refractivity contribution in [1.29, 1.82) is 0 Å². The van der Waals surface area contributed by atoms with E-state index in [0.29, 0.717) is 17.1 Å². The molecule has 2 N–H and O–H groups in total. The van der Waals surface area contributed by atoms with Crippen LogP contribution in [0.1, 0.15) is 11.4 Å². The first kappa shape index (κ1) is 14.3. The van der Waals surface area contributed by atoms with Gasteiger partial charge in [0.05, 0.1) is 4.90 Å². The summed E-state index contributed by atoms with van der Waals surface area (Å²) in [5, 5.41) is 0. The third-order valence-corrected chi connectivity index (χ3v) is 4.54. The number of nitrogens with zero attached hydrogens (tertiary/aromatic N) is 3. The maximum absolute atomic E-state index is 12.5. The Labute approximate surface area is 118 Å². The van der Waals surface area contributed by atoms with Crippen molar-refractivity contribution in [2.24, 2.45) is 0 Å². The van der Waals surface area contributed by atoms with Crippen molar-refractivity contribution in [2.45, 2.75) is 18.7 Å². The van der Waals surface area contributed by atoms with Crippen LogP contribution in [0.15, 0.2) is 35.2 Å². The van der Waals surface area contributed by atoms with Crippen molar-refractivity contribution in [1.82, 2.24) is 9.97 Å². The molecular weight excluding hydrogens is 276 g/mol. The van der Waals surface area contributed by atoms with Crippen molar-refractivity contribution in [3.05, 3.63) is 41.7 Å². The molecule has 1 aromatic heterocycles. The first-order valence-electron chi connectivity index (χ1n) is 5.97. The molecule has 0 saturated carbocycles. The van der Waals surface area contributed by atoms with Gasteiger partial charge in [0.15, 0.2) is 0 Å². The van der Waals surface area contributed by atoms with E-state index in [1.165, 1.54) is 19.2 Å². The van der Waals surface area contributed by atoms with E-state index in [9.17, 15) is 8.42 Å². The summed E-state index contributed by atoms with van der Waals surface area (Å²) in [5.41, 5.74) is 7.50. The number of hydrogen-bond donors (Lipinski definition) is 1. The largest absolute Gasteiger partial charge is 0.399 e. The van der Waals surface area contributed by atoms with Gasteiger partial charge in [-0.15, -0.1) is 0 Å². The molecule has 0 bridgehead atoms. The number of nitrogen functional groups attached to an aromatic ring is 1. The van der Waals surface area contributed by atoms with Crippen LogP contribution in [0.2, 0.25) is 0 Å². The molecule has 6 nitrogen and oxygen atoms in total. The molecule has 7 heteroatoms. The van der Waals surface area contributed by atoms with Gasteiger partial charge >= 0.3 is 0 Å². The number of hydrogen-bond acceptors (Lipinski definition) is 5. The molecule has 1 aromatic carbocycles. The van der Waals surface area contributed by atoms with Crippen LogP contribution in [0.25, 0.3) is 0 Å². The fourth-order valence-electron chi connectivity index (χ4n) is 1.75. The van der Waals surface area contributed by atoms with Crippen LogP contribution in [-0.4, -0.2) is 25.4 Å². The number of anilines is 2. The van der Waals surface area contributed by atoms with Crippen molar-refractivity contribution in [3.63, 3.8) is 0 Å². The lowest BCUT2D eigenvalue weighted by molar-refractivity contribution is 0.593. The lowest BCUT2D eigenvalue weighted by atomic mass is 10.3. The van der Waals surface area contributed by atoms with Crippen molar-refractivity contribution in [2.75, 3.05) is 17.1 Å². The fourth-order valence-corrected chi connectivity index (χ4v) is 2.85. The lowest BCUT2D eigenvalue weighted by Crippen LogP contribution is -2.28. The number of aryl methyl sites for hydroxylation is 2. The molecular formula is C13H16N4O2S. The van der Waals surface area contributed by atoms with Gasteiger partial charge in [-0.3, -0.25) is 0 Å². The zero-order valence-corrected chi connectivity index (χ0v) is 12.3. The van der Waals surface area contributed by atoms with E-state index in [-0.39, 0.29) is 10.8 Å². The van der Waals surface area contributed by atoms with Gasteiger partial charge in [-0.2, -0.15) is 0 Å². The second-order valence-electron chi connectivity index (χ2n) is 4.49. The minimum Gasteiger partial charge on any atom is -0.399 e. The van der Waals surface area contributed by atoms with Gasteiger partial charge in [-0.05, 0) is 44.2 Å². The van der Waals surface area contributed by atoms with Crippen molar-refractivity contribution < 1.29 is 8.42 Å². The van der Waals surface area contributed by atoms with E-state index in [4.69, 9.17) is 5.73 Å². The van der Waals surface area contributed by atoms with Crippen LogP contribution in [0.4, 0.5) is 11.6 Å². The van der Waals surface area contributed by atoms with E-state index in [1.54, 1.807) is 32.0 Å². The smallest absolute Gasteiger partial charge is 0.266 e. The predicted octanol–water partition coefficient (Wildman–Crippen LogP) is 1.50. The van der Waals surface area contributed by atoms with E-state index in [2.05, 4.69) is 9.97 Å². The molecule has 0 aliphatic heterocycles. The molecule has 106 valence electrons. The number of sulfonamides is 1. The summed E-state index contributed by atoms with van der Waals surface area (Å²) in [6, 6.07) is 7.80. The Morgan fingerprint density at radius 2 is 1.55 bits per heavy atom. The second-order valence-corrected chi connectivity index (χ2v) is 6.46. The Morgan fingerprint density at radius 3 is 2.05 bits per heavy atom. The SMILES string of the molecule is Cc1cc(C)nc(N(C)S(=O)(=O)c2ccc(N)cc2)n1. The fraction of sp³-hybridized carbons (Fsp3) is 0.231. The minimum absolute atomic E-state index is 0.150. The van der Waals surface area contributed by atoms with E-state index in [0.717, 1.165) is 4.31 Å². The number of benzene rings is 1. The second kappa shape index (κ2) is 5.09. The molecule has 0 atom stereocenters. The van der Waals surface area contributed by atoms with Crippen molar-refractivity contribution in [3.8, 4) is 0 Å². The van der Waals surface area contributed by atoms with Crippen LogP contribution >= 0.6 is 0 Å². The van der Waals surface area contributed by atoms with Gasteiger partial charge in [0.2, 0.25) is 5.95 Å². The number of aromatic nitrogens is 2. The zero-order valence-electron chi connectivity index (χ0n) is 11.5. The Bertz CT molecular complexity index is 706. The molecule has 0 aliphatic rings. The lowest BCUT2D eigenvalue weighted by Gasteiger charge is -2.18. The summed E-state index contributed by atoms with van der Waals surface area (Å²) in [7, 11) is -2.26. The van der Waals surface area contributed by atoms with Crippen LogP contribution in [0.5, 0.6) is 0 Å². The Morgan fingerprint density at radius 1 is 1.05 bits per heavy atom. The van der Waals surface area contributed by atoms with Crippen LogP contribution in [0, 0.1) is 13.8 Å². The van der Waals surface area contributed by atoms with Gasteiger partial charge in [0.1, 0.15) is 0 Å². The molecule has 0 saturated heterocycles. The first-order chi connectivity index (χ1) is 9.30. The monoisotopic (exact) mass is 292 g/mol. The highest BCUT2D eigenvalue weighted by Gasteiger charge is 2.23. The van der Waals surface area contributed by atoms with Crippen LogP contribution in [-0.2, 0) is 10.0 Å². The average Bonchev–Trinajstić information content (AvgIpc) is 2.37. The normalized spacial score (nSPS) is 11.3. The van der Waals surface area contributed by atoms with Crippen molar-refractivity contribution >= 4 is 21.7 Å². The Hall–Kier alpha value is -2.15. The van der Waals surface area contributed by atoms with E-state index >= 15 is 0 Å². The summed E-state index contributed by atoms with van der Waals surface area (Å²) in [5.74, 6) is 0.152. The van der Waals surface area contributed by atoms with Crippen LogP contribution in [0.3, 0.4) is 0 Å². The molecule has 0 aliphatic carbocycles. The summed E-state index contributed by atoms with van der Waals surface area (Å²) in [6.07, 6.45) is 0. The molecule has 0 fully saturated rings. The molecule has 2 rings (SSSR count). The first-order valence-corrected chi connectivity index (χ1v) is 7.41. The highest BCUT2D eigenvalue weighted by Crippen LogP contribution is 2.20. The van der Waals surface area contributed by atoms with Gasteiger partial charge < -0.3 is 5.73 Å². The molecule has 0 unspecified atom stereocenters. The average molecular weight is 292 g/mol. The summed E-state index contributed by atoms with van der Waals surface area (Å²) in [4.78, 5) is 8.46. The van der Waals surface area contributed by atoms with Gasteiger partial charge in [0.25, 0.3) is 10.0 Å². The van der Waals surface area contributed by atoms with Gasteiger partial charge in [0, 0.05) is 24.1 Å². The molecule has 0 radical (unpaired) electrons. The Kier molecular flexibility index (Phi) is 3.63. The molecule has 20 heavy (non-hydrogen) atoms. The zero-order chi connectivity index (χ0) is 14.9. The highest BCUT2D eigenvalue weighted by molar-refractivity contribution is 7.92. The van der Waals surface area contributed by atoms with Gasteiger partial charge in [-0.1, -0.05) is 0 Å².